The molecule has 3 saturated heterocycles. The van der Waals surface area contributed by atoms with Crippen LogP contribution in [0.4, 0.5) is 0 Å². The first kappa shape index (κ1) is 62.2. The molecule has 0 spiro atoms. The van der Waals surface area contributed by atoms with Crippen molar-refractivity contribution in [3.8, 4) is 0 Å². The van der Waals surface area contributed by atoms with Crippen LogP contribution in [0.25, 0.3) is 0 Å². The number of aliphatic carboxylic acids is 1. The van der Waals surface area contributed by atoms with E-state index in [1.165, 1.54) is 6.92 Å². The predicted octanol–water partition coefficient (Wildman–Crippen LogP) is -1.32. The number of carboxylic acid groups (broad SMARTS) is 1. The third-order valence-electron chi connectivity index (χ3n) is 21.1. The number of aliphatic hydroxyl groups is 12. The first-order valence-corrected chi connectivity index (χ1v) is 27.7. The fourth-order valence-corrected chi connectivity index (χ4v) is 16.2. The SMILES string of the molecule is C/C=C(/C)C(=O)O[C@H]1[C@H](OC(C)=O)[C@@]2(CO)C(CC1(C)C)C1=CCC3[C@@]4(C)CC[C@H](O[C@@H]5OC(C(=O)O)[C@@H](O[C@@H]6OC(CO)[C@@H](O)C(O)[C@@H]6O)C(O)[C@@H]5O[C@@H]5OC(CO)[C@@H](O)C(O)[C@@H]5O)[C@](C)(CO)C4CC[C@@]3(C)[C@]1(C)C[C@H]2O. The van der Waals surface area contributed by atoms with Gasteiger partial charge >= 0.3 is 17.9 Å². The van der Waals surface area contributed by atoms with E-state index >= 15 is 0 Å². The number of ether oxygens (including phenoxy) is 8. The maximum atomic E-state index is 13.4. The maximum absolute atomic E-state index is 13.4. The van der Waals surface area contributed by atoms with Gasteiger partial charge in [0, 0.05) is 23.3 Å². The van der Waals surface area contributed by atoms with Crippen LogP contribution in [0.15, 0.2) is 23.3 Å². The number of hydrogen-bond acceptors (Lipinski definition) is 23. The maximum Gasteiger partial charge on any atom is 0.335 e. The number of rotatable bonds is 14. The molecule has 8 rings (SSSR count). The first-order valence-electron chi connectivity index (χ1n) is 27.7. The lowest BCUT2D eigenvalue weighted by Gasteiger charge is -2.72. The predicted molar refractivity (Wildman–Crippen MR) is 269 cm³/mol. The average molecular weight is 1130 g/mol. The summed E-state index contributed by atoms with van der Waals surface area (Å²) in [6.07, 6.45) is -26.5. The van der Waals surface area contributed by atoms with Crippen LogP contribution in [0.2, 0.25) is 0 Å². The molecule has 3 heterocycles. The van der Waals surface area contributed by atoms with Crippen LogP contribution in [0.3, 0.4) is 0 Å². The largest absolute Gasteiger partial charge is 0.479 e. The van der Waals surface area contributed by atoms with Crippen molar-refractivity contribution in [2.75, 3.05) is 26.4 Å². The molecule has 0 aromatic heterocycles. The third kappa shape index (κ3) is 9.94. The molecule has 13 N–H and O–H groups in total. The van der Waals surface area contributed by atoms with Crippen molar-refractivity contribution < 1.29 is 119 Å². The van der Waals surface area contributed by atoms with Crippen LogP contribution in [-0.4, -0.2) is 227 Å². The molecule has 24 nitrogen and oxygen atoms in total. The summed E-state index contributed by atoms with van der Waals surface area (Å²) in [5, 5.41) is 143. The highest BCUT2D eigenvalue weighted by Gasteiger charge is 2.74. The molecule has 0 aromatic rings. The summed E-state index contributed by atoms with van der Waals surface area (Å²) in [5.41, 5.74) is -3.78. The highest BCUT2D eigenvalue weighted by atomic mass is 16.8. The molecule has 3 aliphatic heterocycles. The summed E-state index contributed by atoms with van der Waals surface area (Å²) in [6, 6.07) is 0. The second-order valence-corrected chi connectivity index (χ2v) is 25.5. The van der Waals surface area contributed by atoms with E-state index in [2.05, 4.69) is 26.8 Å². The topological polar surface area (TPSA) is 388 Å². The van der Waals surface area contributed by atoms with Crippen LogP contribution in [0, 0.1) is 50.2 Å². The van der Waals surface area contributed by atoms with Gasteiger partial charge in [0.2, 0.25) is 0 Å². The standard InChI is InChI=1S/C55H86O24/c1-10-23(2)46(71)79-43-44(72-24(3)60)55(22-59)26(17-50(43,4)5)25-11-12-30-51(6)15-14-32(52(7,21-58)29(51)13-16-53(30,8)54(25,9)18-31(55)61)75-49-41(77-48-38(67)36(65)34(63)28(20-57)74-48)39(68)40(42(78-49)45(69)70)76-47-37(66)35(64)33(62)27(19-56)73-47/h10-11,26-44,47-49,56-59,61-68H,12-22H2,1-9H3,(H,69,70)/b23-10-/t26?,27?,28?,29?,30?,31-,32+,33-,34-,35?,36?,37+,38+,39?,40+,41+,42?,43+,44+,47+,48+,49-,51+,52-,53-,54-,55+/m1/s1. The Hall–Kier alpha value is -2.83. The molecule has 7 fully saturated rings. The Morgan fingerprint density at radius 2 is 1.24 bits per heavy atom. The molecule has 0 amide bonds. The van der Waals surface area contributed by atoms with Gasteiger partial charge in [-0.2, -0.15) is 0 Å². The Bertz CT molecular complexity index is 2290. The van der Waals surface area contributed by atoms with Crippen molar-refractivity contribution in [1.82, 2.24) is 0 Å². The Morgan fingerprint density at radius 1 is 0.658 bits per heavy atom. The molecule has 9 unspecified atom stereocenters. The number of carbonyl (C=O) groups is 3. The molecule has 8 aliphatic rings. The summed E-state index contributed by atoms with van der Waals surface area (Å²) < 4.78 is 48.2. The van der Waals surface area contributed by atoms with Crippen molar-refractivity contribution in [3.63, 3.8) is 0 Å². The lowest BCUT2D eigenvalue weighted by Crippen LogP contribution is -2.72. The molecule has 450 valence electrons. The minimum atomic E-state index is -2.18. The number of carbonyl (C=O) groups excluding carboxylic acids is 2. The summed E-state index contributed by atoms with van der Waals surface area (Å²) in [7, 11) is 0. The molecule has 0 aromatic carbocycles. The highest BCUT2D eigenvalue weighted by molar-refractivity contribution is 5.87. The molecule has 0 radical (unpaired) electrons. The molecule has 24 heteroatoms. The fourth-order valence-electron chi connectivity index (χ4n) is 16.2. The minimum absolute atomic E-state index is 0.0849. The first-order chi connectivity index (χ1) is 36.9. The van der Waals surface area contributed by atoms with Crippen LogP contribution < -0.4 is 0 Å². The van der Waals surface area contributed by atoms with Crippen molar-refractivity contribution in [2.24, 2.45) is 50.2 Å². The zero-order chi connectivity index (χ0) is 58.4. The average Bonchev–Trinajstić information content (AvgIpc) is 3.25. The van der Waals surface area contributed by atoms with Gasteiger partial charge in [-0.05, 0) is 92.8 Å². The fraction of sp³-hybridized carbons (Fsp3) is 0.873. The third-order valence-corrected chi connectivity index (χ3v) is 21.1. The minimum Gasteiger partial charge on any atom is -0.479 e. The number of fused-ring (bicyclic) bond motifs is 7. The molecule has 27 atom stereocenters. The van der Waals surface area contributed by atoms with Crippen LogP contribution in [-0.2, 0) is 52.3 Å². The molecule has 79 heavy (non-hydrogen) atoms. The Balaban J connectivity index is 1.12. The lowest BCUT2D eigenvalue weighted by atomic mass is 9.33. The number of esters is 2. The van der Waals surface area contributed by atoms with Crippen molar-refractivity contribution in [1.29, 1.82) is 0 Å². The van der Waals surface area contributed by atoms with Gasteiger partial charge in [-0.1, -0.05) is 59.3 Å². The van der Waals surface area contributed by atoms with Gasteiger partial charge in [-0.15, -0.1) is 0 Å². The zero-order valence-electron chi connectivity index (χ0n) is 46.4. The van der Waals surface area contributed by atoms with E-state index in [4.69, 9.17) is 37.9 Å². The lowest BCUT2D eigenvalue weighted by molar-refractivity contribution is -0.392. The summed E-state index contributed by atoms with van der Waals surface area (Å²) in [4.78, 5) is 39.5. The van der Waals surface area contributed by atoms with Crippen LogP contribution >= 0.6 is 0 Å². The highest BCUT2D eigenvalue weighted by Crippen LogP contribution is 2.76. The number of aliphatic hydroxyl groups excluding tert-OH is 12. The summed E-state index contributed by atoms with van der Waals surface area (Å²) >= 11 is 0. The van der Waals surface area contributed by atoms with Crippen molar-refractivity contribution in [3.05, 3.63) is 23.3 Å². The van der Waals surface area contributed by atoms with E-state index in [0.717, 1.165) is 5.57 Å². The zero-order valence-corrected chi connectivity index (χ0v) is 46.4. The van der Waals surface area contributed by atoms with E-state index < -0.39 is 199 Å². The van der Waals surface area contributed by atoms with E-state index in [-0.39, 0.29) is 24.7 Å². The van der Waals surface area contributed by atoms with Gasteiger partial charge in [0.05, 0.1) is 44.1 Å². The van der Waals surface area contributed by atoms with Crippen molar-refractivity contribution >= 4 is 17.9 Å². The van der Waals surface area contributed by atoms with E-state index in [1.54, 1.807) is 19.9 Å². The van der Waals surface area contributed by atoms with Gasteiger partial charge in [0.25, 0.3) is 0 Å². The van der Waals surface area contributed by atoms with Gasteiger partial charge in [-0.3, -0.25) is 4.79 Å². The van der Waals surface area contributed by atoms with E-state index in [0.29, 0.717) is 37.7 Å². The van der Waals surface area contributed by atoms with Crippen LogP contribution in [0.5, 0.6) is 0 Å². The number of carboxylic acids is 1. The summed E-state index contributed by atoms with van der Waals surface area (Å²) in [6.45, 7) is 14.1. The normalized spacial score (nSPS) is 50.6. The van der Waals surface area contributed by atoms with Gasteiger partial charge in [0.1, 0.15) is 79.4 Å². The molecule has 4 saturated carbocycles. The smallest absolute Gasteiger partial charge is 0.335 e. The molecule has 0 bridgehead atoms. The Labute approximate surface area is 459 Å². The monoisotopic (exact) mass is 1130 g/mol. The second-order valence-electron chi connectivity index (χ2n) is 25.5. The second kappa shape index (κ2) is 22.6. The Morgan fingerprint density at radius 3 is 1.76 bits per heavy atom. The summed E-state index contributed by atoms with van der Waals surface area (Å²) in [5.74, 6) is -3.88. The van der Waals surface area contributed by atoms with Gasteiger partial charge in [0.15, 0.2) is 25.0 Å². The molecule has 5 aliphatic carbocycles. The molecular formula is C55H86O24. The van der Waals surface area contributed by atoms with Gasteiger partial charge < -0.3 is 104 Å². The van der Waals surface area contributed by atoms with Crippen molar-refractivity contribution in [2.45, 2.75) is 224 Å². The van der Waals surface area contributed by atoms with E-state index in [9.17, 15) is 80.8 Å². The van der Waals surface area contributed by atoms with Crippen LogP contribution in [0.1, 0.15) is 107 Å². The molecular weight excluding hydrogens is 1040 g/mol. The Kier molecular flexibility index (Phi) is 17.8. The number of allylic oxidation sites excluding steroid dienone is 3. The quantitative estimate of drug-likeness (QED) is 0.0415. The van der Waals surface area contributed by atoms with E-state index in [1.807, 2.05) is 20.8 Å². The number of hydrogen-bond donors (Lipinski definition) is 13. The van der Waals surface area contributed by atoms with Gasteiger partial charge in [-0.25, -0.2) is 9.59 Å².